The molecule has 0 aromatic carbocycles. The van der Waals surface area contributed by atoms with Crippen molar-refractivity contribution in [1.82, 2.24) is 14.8 Å². The smallest absolute Gasteiger partial charge is 0.259 e. The highest BCUT2D eigenvalue weighted by molar-refractivity contribution is 5.99. The summed E-state index contributed by atoms with van der Waals surface area (Å²) in [7, 11) is 0. The second-order valence-electron chi connectivity index (χ2n) is 8.96. The first-order chi connectivity index (χ1) is 13.3. The summed E-state index contributed by atoms with van der Waals surface area (Å²) in [5, 5.41) is 2.99. The minimum Gasteiger partial charge on any atom is -0.352 e. The van der Waals surface area contributed by atoms with Crippen LogP contribution in [-0.2, 0) is 6.54 Å². The van der Waals surface area contributed by atoms with Gasteiger partial charge in [0.05, 0.1) is 0 Å². The molecule has 6 nitrogen and oxygen atoms in total. The lowest BCUT2D eigenvalue weighted by atomic mass is 9.99. The van der Waals surface area contributed by atoms with E-state index in [0.717, 1.165) is 38.5 Å². The number of nitrogens with one attached hydrogen (secondary N) is 1. The van der Waals surface area contributed by atoms with Crippen LogP contribution in [-0.4, -0.2) is 40.4 Å². The highest BCUT2D eigenvalue weighted by Crippen LogP contribution is 2.19. The quantitative estimate of drug-likeness (QED) is 0.844. The minimum absolute atomic E-state index is 0.0865. The summed E-state index contributed by atoms with van der Waals surface area (Å²) >= 11 is 0. The van der Waals surface area contributed by atoms with E-state index in [1.54, 1.807) is 17.3 Å². The van der Waals surface area contributed by atoms with Gasteiger partial charge in [-0.1, -0.05) is 33.6 Å². The normalized spacial score (nSPS) is 20.6. The molecule has 2 amide bonds. The summed E-state index contributed by atoms with van der Waals surface area (Å²) < 4.78 is 1.83. The maximum absolute atomic E-state index is 13.1. The van der Waals surface area contributed by atoms with E-state index in [-0.39, 0.29) is 29.0 Å². The zero-order valence-electron chi connectivity index (χ0n) is 17.4. The van der Waals surface area contributed by atoms with Crippen molar-refractivity contribution in [3.8, 4) is 0 Å². The van der Waals surface area contributed by atoms with Gasteiger partial charge in [-0.15, -0.1) is 0 Å². The lowest BCUT2D eigenvalue weighted by Crippen LogP contribution is -2.43. The van der Waals surface area contributed by atoms with Gasteiger partial charge < -0.3 is 14.8 Å². The molecular formula is C22H33N3O3. The first-order valence-corrected chi connectivity index (χ1v) is 10.7. The van der Waals surface area contributed by atoms with Crippen molar-refractivity contribution in [2.24, 2.45) is 11.8 Å². The van der Waals surface area contributed by atoms with Crippen molar-refractivity contribution >= 4 is 11.8 Å². The van der Waals surface area contributed by atoms with Crippen LogP contribution in [0, 0.1) is 11.8 Å². The van der Waals surface area contributed by atoms with Crippen LogP contribution in [0.4, 0.5) is 0 Å². The molecule has 154 valence electrons. The first-order valence-electron chi connectivity index (χ1n) is 10.7. The lowest BCUT2D eigenvalue weighted by Gasteiger charge is -2.31. The fourth-order valence-corrected chi connectivity index (χ4v) is 4.35. The minimum atomic E-state index is -0.446. The number of rotatable bonds is 5. The Morgan fingerprint density at radius 2 is 1.79 bits per heavy atom. The second-order valence-corrected chi connectivity index (χ2v) is 8.96. The van der Waals surface area contributed by atoms with Gasteiger partial charge in [-0.05, 0) is 37.5 Å². The largest absolute Gasteiger partial charge is 0.352 e. The fraction of sp³-hybridized carbons (Fsp3) is 0.682. The summed E-state index contributed by atoms with van der Waals surface area (Å²) in [6.45, 7) is 8.27. The van der Waals surface area contributed by atoms with E-state index in [0.29, 0.717) is 31.5 Å². The number of nitrogens with zero attached hydrogens (tertiary/aromatic N) is 2. The molecule has 1 saturated carbocycles. The van der Waals surface area contributed by atoms with Crippen molar-refractivity contribution < 1.29 is 9.59 Å². The van der Waals surface area contributed by atoms with Gasteiger partial charge in [0.25, 0.3) is 11.8 Å². The van der Waals surface area contributed by atoms with Gasteiger partial charge in [0.15, 0.2) is 0 Å². The van der Waals surface area contributed by atoms with E-state index in [2.05, 4.69) is 26.1 Å². The van der Waals surface area contributed by atoms with E-state index in [9.17, 15) is 14.4 Å². The Bertz CT molecular complexity index is 778. The Labute approximate surface area is 167 Å². The monoisotopic (exact) mass is 387 g/mol. The maximum atomic E-state index is 13.1. The summed E-state index contributed by atoms with van der Waals surface area (Å²) in [5.41, 5.74) is -0.240. The lowest BCUT2D eigenvalue weighted by molar-refractivity contribution is 0.0680. The van der Waals surface area contributed by atoms with E-state index >= 15 is 0 Å². The molecular weight excluding hydrogens is 354 g/mol. The van der Waals surface area contributed by atoms with Crippen LogP contribution >= 0.6 is 0 Å². The Morgan fingerprint density at radius 3 is 2.43 bits per heavy atom. The number of aromatic nitrogens is 1. The van der Waals surface area contributed by atoms with Gasteiger partial charge in [0.2, 0.25) is 5.43 Å². The number of amides is 2. The Hall–Kier alpha value is -2.11. The van der Waals surface area contributed by atoms with Gasteiger partial charge in [-0.2, -0.15) is 0 Å². The molecule has 3 rings (SSSR count). The molecule has 1 aliphatic heterocycles. The van der Waals surface area contributed by atoms with Crippen LogP contribution in [0.15, 0.2) is 17.2 Å². The molecule has 28 heavy (non-hydrogen) atoms. The number of likely N-dealkylation sites (tertiary alicyclic amines) is 1. The molecule has 0 radical (unpaired) electrons. The summed E-state index contributed by atoms with van der Waals surface area (Å²) in [5.74, 6) is 0.177. The molecule has 0 unspecified atom stereocenters. The van der Waals surface area contributed by atoms with Gasteiger partial charge in [-0.25, -0.2) is 0 Å². The Morgan fingerprint density at radius 1 is 1.11 bits per heavy atom. The van der Waals surface area contributed by atoms with Crippen molar-refractivity contribution in [2.45, 2.75) is 71.9 Å². The van der Waals surface area contributed by atoms with Crippen LogP contribution in [0.1, 0.15) is 80.0 Å². The third-order valence-corrected chi connectivity index (χ3v) is 5.76. The predicted octanol–water partition coefficient (Wildman–Crippen LogP) is 3.05. The molecule has 6 heteroatoms. The highest BCUT2D eigenvalue weighted by atomic mass is 16.2. The average Bonchev–Trinajstić information content (AvgIpc) is 3.15. The van der Waals surface area contributed by atoms with E-state index < -0.39 is 5.43 Å². The summed E-state index contributed by atoms with van der Waals surface area (Å²) in [6, 6.07) is 0.132. The molecule has 2 aliphatic rings. The molecule has 1 aromatic heterocycles. The van der Waals surface area contributed by atoms with Crippen LogP contribution < -0.4 is 10.7 Å². The molecule has 1 saturated heterocycles. The standard InChI is InChI=1S/C22H33N3O3/c1-15(2)11-24-13-18(21(27)23-17-8-4-5-9-17)20(26)19(14-24)22(28)25-10-6-7-16(3)12-25/h13-17H,4-12H2,1-3H3,(H,23,27)/t16-/m0/s1. The third-order valence-electron chi connectivity index (χ3n) is 5.76. The van der Waals surface area contributed by atoms with Gasteiger partial charge in [-0.3, -0.25) is 14.4 Å². The molecule has 0 spiro atoms. The van der Waals surface area contributed by atoms with E-state index in [4.69, 9.17) is 0 Å². The van der Waals surface area contributed by atoms with E-state index in [1.165, 1.54) is 0 Å². The van der Waals surface area contributed by atoms with Gasteiger partial charge >= 0.3 is 0 Å². The number of pyridine rings is 1. The van der Waals surface area contributed by atoms with Crippen molar-refractivity contribution in [3.63, 3.8) is 0 Å². The Kier molecular flexibility index (Phi) is 6.57. The highest BCUT2D eigenvalue weighted by Gasteiger charge is 2.27. The number of piperidine rings is 1. The molecule has 0 bridgehead atoms. The molecule has 2 fully saturated rings. The maximum Gasteiger partial charge on any atom is 0.259 e. The summed E-state index contributed by atoms with van der Waals surface area (Å²) in [4.78, 5) is 40.8. The summed E-state index contributed by atoms with van der Waals surface area (Å²) in [6.07, 6.45) is 9.42. The number of carbonyl (C=O) groups excluding carboxylic acids is 2. The van der Waals surface area contributed by atoms with Crippen LogP contribution in [0.5, 0.6) is 0 Å². The topological polar surface area (TPSA) is 71.4 Å². The van der Waals surface area contributed by atoms with Gasteiger partial charge in [0, 0.05) is 38.1 Å². The molecule has 1 aromatic rings. The molecule has 2 heterocycles. The second kappa shape index (κ2) is 8.93. The van der Waals surface area contributed by atoms with Crippen LogP contribution in [0.2, 0.25) is 0 Å². The average molecular weight is 388 g/mol. The molecule has 1 aliphatic carbocycles. The van der Waals surface area contributed by atoms with Gasteiger partial charge in [0.1, 0.15) is 11.1 Å². The zero-order chi connectivity index (χ0) is 20.3. The van der Waals surface area contributed by atoms with Crippen LogP contribution in [0.25, 0.3) is 0 Å². The van der Waals surface area contributed by atoms with Crippen molar-refractivity contribution in [3.05, 3.63) is 33.7 Å². The third kappa shape index (κ3) is 4.83. The van der Waals surface area contributed by atoms with Crippen molar-refractivity contribution in [1.29, 1.82) is 0 Å². The van der Waals surface area contributed by atoms with E-state index in [1.807, 2.05) is 4.57 Å². The number of carbonyl (C=O) groups is 2. The predicted molar refractivity (Wildman–Crippen MR) is 110 cm³/mol. The number of hydrogen-bond donors (Lipinski definition) is 1. The van der Waals surface area contributed by atoms with Crippen LogP contribution in [0.3, 0.4) is 0 Å². The SMILES string of the molecule is CC(C)Cn1cc(C(=O)NC2CCCC2)c(=O)c(C(=O)N2CCC[C@H](C)C2)c1. The molecule has 1 N–H and O–H groups in total. The fourth-order valence-electron chi connectivity index (χ4n) is 4.35. The number of hydrogen-bond acceptors (Lipinski definition) is 3. The first kappa shape index (κ1) is 20.6. The van der Waals surface area contributed by atoms with Crippen molar-refractivity contribution in [2.75, 3.05) is 13.1 Å². The molecule has 1 atom stereocenters. The zero-order valence-corrected chi connectivity index (χ0v) is 17.4. The Balaban J connectivity index is 1.92.